The van der Waals surface area contributed by atoms with Crippen molar-refractivity contribution in [1.82, 2.24) is 13.7 Å². The summed E-state index contributed by atoms with van der Waals surface area (Å²) in [5, 5.41) is 7.50. The van der Waals surface area contributed by atoms with Gasteiger partial charge < -0.3 is 13.7 Å². The first-order chi connectivity index (χ1) is 31.8. The number of benzene rings is 10. The van der Waals surface area contributed by atoms with Gasteiger partial charge >= 0.3 is 0 Å². The van der Waals surface area contributed by atoms with Gasteiger partial charge in [0.25, 0.3) is 0 Å². The van der Waals surface area contributed by atoms with Crippen LogP contribution < -0.4 is 0 Å². The molecule has 4 heteroatoms. The quantitative estimate of drug-likeness (QED) is 0.152. The second-order valence-electron chi connectivity index (χ2n) is 16.5. The lowest BCUT2D eigenvalue weighted by Gasteiger charge is -2.42. The number of aromatic nitrogens is 3. The molecule has 0 aliphatic rings. The maximum atomic E-state index is 2.51. The standard InChI is InChI=1S/C60H41N3S/c1-5-20-42(21-6-1)61-55-33-18-15-30-52(55)58-56(61)34-19-35-57(58)64(45-24-9-3-10-25-45,46-26-11-4-12-27-46)47-38-36-44(37-39-47)63-54-32-17-14-29-49(54)51-41-40-50-48-28-13-16-31-53(48)62(59(50)60(51)63)43-22-7-2-8-23-43/h1-41H. The molecule has 10 aromatic carbocycles. The molecule has 3 nitrogen and oxygen atoms in total. The number of para-hydroxylation sites is 5. The van der Waals surface area contributed by atoms with E-state index < -0.39 is 10.0 Å². The van der Waals surface area contributed by atoms with Gasteiger partial charge in [0.15, 0.2) is 0 Å². The van der Waals surface area contributed by atoms with Crippen LogP contribution in [0.5, 0.6) is 0 Å². The first kappa shape index (κ1) is 36.6. The van der Waals surface area contributed by atoms with Crippen LogP contribution in [0.1, 0.15) is 0 Å². The van der Waals surface area contributed by atoms with Crippen LogP contribution in [0.2, 0.25) is 0 Å². The number of nitrogens with zero attached hydrogens (tertiary/aromatic N) is 3. The third kappa shape index (κ3) is 5.24. The van der Waals surface area contributed by atoms with Crippen molar-refractivity contribution in [2.75, 3.05) is 0 Å². The summed E-state index contributed by atoms with van der Waals surface area (Å²) in [5.41, 5.74) is 10.6. The van der Waals surface area contributed by atoms with E-state index in [4.69, 9.17) is 0 Å². The molecule has 13 rings (SSSR count). The minimum Gasteiger partial charge on any atom is -0.309 e. The highest BCUT2D eigenvalue weighted by atomic mass is 32.3. The van der Waals surface area contributed by atoms with Crippen molar-refractivity contribution < 1.29 is 0 Å². The molecule has 3 aromatic heterocycles. The third-order valence-electron chi connectivity index (χ3n) is 13.1. The molecular formula is C60H41N3S. The summed E-state index contributed by atoms with van der Waals surface area (Å²) in [4.78, 5) is 5.20. The molecule has 302 valence electrons. The molecule has 0 amide bonds. The molecular weight excluding hydrogens is 795 g/mol. The largest absolute Gasteiger partial charge is 0.309 e. The highest BCUT2D eigenvalue weighted by molar-refractivity contribution is 8.34. The van der Waals surface area contributed by atoms with Crippen LogP contribution in [0.15, 0.2) is 268 Å². The number of rotatable bonds is 7. The lowest BCUT2D eigenvalue weighted by Crippen LogP contribution is -2.06. The first-order valence-corrected chi connectivity index (χ1v) is 23.6. The average Bonchev–Trinajstić information content (AvgIpc) is 4.02. The molecule has 0 radical (unpaired) electrons. The summed E-state index contributed by atoms with van der Waals surface area (Å²) in [6.07, 6.45) is 0. The van der Waals surface area contributed by atoms with Crippen molar-refractivity contribution in [2.45, 2.75) is 19.6 Å². The lowest BCUT2D eigenvalue weighted by atomic mass is 10.1. The number of hydrogen-bond acceptors (Lipinski definition) is 0. The smallest absolute Gasteiger partial charge is 0.0788 e. The second kappa shape index (κ2) is 14.5. The fourth-order valence-electron chi connectivity index (χ4n) is 10.5. The Morgan fingerprint density at radius 1 is 0.234 bits per heavy atom. The molecule has 0 unspecified atom stereocenters. The number of hydrogen-bond donors (Lipinski definition) is 0. The maximum absolute atomic E-state index is 2.51. The summed E-state index contributed by atoms with van der Waals surface area (Å²) < 4.78 is 7.41. The molecule has 13 aromatic rings. The van der Waals surface area contributed by atoms with Crippen molar-refractivity contribution in [1.29, 1.82) is 0 Å². The van der Waals surface area contributed by atoms with E-state index in [1.807, 2.05) is 0 Å². The van der Waals surface area contributed by atoms with E-state index in [1.54, 1.807) is 0 Å². The van der Waals surface area contributed by atoms with E-state index in [2.05, 4.69) is 262 Å². The Bertz CT molecular complexity index is 3830. The minimum atomic E-state index is -2.09. The molecule has 0 atom stereocenters. The fourth-order valence-corrected chi connectivity index (χ4v) is 14.6. The average molecular weight is 836 g/mol. The lowest BCUT2D eigenvalue weighted by molar-refractivity contribution is 1.14. The van der Waals surface area contributed by atoms with E-state index in [1.165, 1.54) is 85.0 Å². The zero-order valence-corrected chi connectivity index (χ0v) is 35.7. The van der Waals surface area contributed by atoms with Gasteiger partial charge in [-0.3, -0.25) is 0 Å². The van der Waals surface area contributed by atoms with Gasteiger partial charge in [-0.1, -0.05) is 146 Å². The van der Waals surface area contributed by atoms with Gasteiger partial charge in [0.1, 0.15) is 0 Å². The molecule has 0 saturated carbocycles. The van der Waals surface area contributed by atoms with Crippen molar-refractivity contribution in [3.8, 4) is 17.1 Å². The van der Waals surface area contributed by atoms with Gasteiger partial charge in [0, 0.05) is 69.0 Å². The molecule has 64 heavy (non-hydrogen) atoms. The minimum absolute atomic E-state index is 1.13. The zero-order chi connectivity index (χ0) is 42.2. The Balaban J connectivity index is 1.12. The Hall–Kier alpha value is -8.05. The van der Waals surface area contributed by atoms with Crippen LogP contribution in [0.4, 0.5) is 0 Å². The highest BCUT2D eigenvalue weighted by Crippen LogP contribution is 2.75. The van der Waals surface area contributed by atoms with E-state index in [0.29, 0.717) is 0 Å². The van der Waals surface area contributed by atoms with Gasteiger partial charge in [0.05, 0.1) is 33.1 Å². The topological polar surface area (TPSA) is 14.8 Å². The zero-order valence-electron chi connectivity index (χ0n) is 34.9. The predicted molar refractivity (Wildman–Crippen MR) is 269 cm³/mol. The number of fused-ring (bicyclic) bond motifs is 10. The van der Waals surface area contributed by atoms with E-state index in [9.17, 15) is 0 Å². The van der Waals surface area contributed by atoms with Crippen LogP contribution in [-0.2, 0) is 0 Å². The van der Waals surface area contributed by atoms with E-state index >= 15 is 0 Å². The molecule has 0 fully saturated rings. The highest BCUT2D eigenvalue weighted by Gasteiger charge is 2.36. The van der Waals surface area contributed by atoms with E-state index in [0.717, 1.165) is 17.1 Å². The molecule has 0 saturated heterocycles. The second-order valence-corrected chi connectivity index (χ2v) is 19.5. The Morgan fingerprint density at radius 2 is 0.609 bits per heavy atom. The SMILES string of the molecule is c1ccc(-n2c3ccccc3c3c(S(c4ccccc4)(c4ccccc4)c4ccc(-n5c6ccccc6c6ccc7c8ccccc8n(-c8ccccc8)c7c65)cc4)cccc32)cc1. The summed E-state index contributed by atoms with van der Waals surface area (Å²) >= 11 is 0. The molecule has 0 bridgehead atoms. The molecule has 0 aliphatic heterocycles. The molecule has 0 spiro atoms. The predicted octanol–water partition coefficient (Wildman–Crippen LogP) is 16.3. The van der Waals surface area contributed by atoms with Gasteiger partial charge in [-0.05, 0) is 103 Å². The summed E-state index contributed by atoms with van der Waals surface area (Å²) in [5.74, 6) is 0. The maximum Gasteiger partial charge on any atom is 0.0788 e. The van der Waals surface area contributed by atoms with Crippen LogP contribution in [0.25, 0.3) is 82.5 Å². The normalized spacial score (nSPS) is 12.3. The van der Waals surface area contributed by atoms with Crippen molar-refractivity contribution >= 4 is 75.4 Å². The monoisotopic (exact) mass is 835 g/mol. The molecule has 3 heterocycles. The molecule has 0 aliphatic carbocycles. The van der Waals surface area contributed by atoms with Gasteiger partial charge in [-0.25, -0.2) is 0 Å². The Labute approximate surface area is 372 Å². The molecule has 0 N–H and O–H groups in total. The Kier molecular flexibility index (Phi) is 8.30. The van der Waals surface area contributed by atoms with Crippen molar-refractivity contribution in [3.05, 3.63) is 249 Å². The third-order valence-corrected chi connectivity index (χ3v) is 17.1. The summed E-state index contributed by atoms with van der Waals surface area (Å²) in [6, 6.07) is 91.9. The first-order valence-electron chi connectivity index (χ1n) is 21.9. The summed E-state index contributed by atoms with van der Waals surface area (Å²) in [6.45, 7) is 0. The fraction of sp³-hybridized carbons (Fsp3) is 0. The van der Waals surface area contributed by atoms with Crippen molar-refractivity contribution in [2.24, 2.45) is 0 Å². The van der Waals surface area contributed by atoms with Crippen LogP contribution in [0.3, 0.4) is 0 Å². The van der Waals surface area contributed by atoms with Crippen LogP contribution in [-0.4, -0.2) is 13.7 Å². The van der Waals surface area contributed by atoms with E-state index in [-0.39, 0.29) is 0 Å². The van der Waals surface area contributed by atoms with Gasteiger partial charge in [0.2, 0.25) is 0 Å². The van der Waals surface area contributed by atoms with Gasteiger partial charge in [-0.2, -0.15) is 0 Å². The van der Waals surface area contributed by atoms with Crippen molar-refractivity contribution in [3.63, 3.8) is 0 Å². The Morgan fingerprint density at radius 3 is 1.12 bits per heavy atom. The van der Waals surface area contributed by atoms with Gasteiger partial charge in [-0.15, -0.1) is 10.0 Å². The van der Waals surface area contributed by atoms with Crippen LogP contribution in [0, 0.1) is 0 Å². The summed E-state index contributed by atoms with van der Waals surface area (Å²) in [7, 11) is -2.09. The van der Waals surface area contributed by atoms with Crippen LogP contribution >= 0.6 is 10.0 Å².